The van der Waals surface area contributed by atoms with Crippen LogP contribution in [0.2, 0.25) is 0 Å². The zero-order chi connectivity index (χ0) is 14.4. The molecular weight excluding hydrogens is 250 g/mol. The fraction of sp³-hybridized carbons (Fsp3) is 0.562. The van der Waals surface area contributed by atoms with E-state index in [9.17, 15) is 4.79 Å². The van der Waals surface area contributed by atoms with Crippen molar-refractivity contribution in [3.63, 3.8) is 0 Å². The first-order chi connectivity index (χ1) is 9.66. The van der Waals surface area contributed by atoms with Crippen molar-refractivity contribution >= 4 is 5.91 Å². The summed E-state index contributed by atoms with van der Waals surface area (Å²) in [6, 6.07) is 7.53. The lowest BCUT2D eigenvalue weighted by molar-refractivity contribution is 0.0999. The lowest BCUT2D eigenvalue weighted by Gasteiger charge is -2.20. The van der Waals surface area contributed by atoms with Crippen LogP contribution in [0.4, 0.5) is 0 Å². The highest BCUT2D eigenvalue weighted by Gasteiger charge is 2.14. The summed E-state index contributed by atoms with van der Waals surface area (Å²) in [6.07, 6.45) is 2.68. The number of likely N-dealkylation sites (tertiary alicyclic amines) is 1. The summed E-state index contributed by atoms with van der Waals surface area (Å²) >= 11 is 0. The van der Waals surface area contributed by atoms with E-state index >= 15 is 0 Å². The number of benzene rings is 1. The molecule has 1 aromatic rings. The minimum atomic E-state index is -0.354. The number of rotatable bonds is 7. The van der Waals surface area contributed by atoms with Gasteiger partial charge in [-0.2, -0.15) is 0 Å². The maximum atomic E-state index is 11.3. The van der Waals surface area contributed by atoms with E-state index in [-0.39, 0.29) is 5.91 Å². The lowest BCUT2D eigenvalue weighted by Crippen LogP contribution is -2.31. The van der Waals surface area contributed by atoms with E-state index in [1.54, 1.807) is 6.07 Å². The van der Waals surface area contributed by atoms with Crippen molar-refractivity contribution in [3.05, 3.63) is 35.4 Å². The van der Waals surface area contributed by atoms with Gasteiger partial charge in [-0.05, 0) is 50.0 Å². The van der Waals surface area contributed by atoms with Crippen molar-refractivity contribution in [2.75, 3.05) is 26.2 Å². The molecule has 0 spiro atoms. The molecule has 1 fully saturated rings. The third-order valence-corrected chi connectivity index (χ3v) is 3.86. The minimum absolute atomic E-state index is 0.354. The molecular formula is C16H25N3O. The lowest BCUT2D eigenvalue weighted by atomic mass is 10.1. The van der Waals surface area contributed by atoms with E-state index in [0.717, 1.165) is 18.7 Å². The molecule has 110 valence electrons. The zero-order valence-corrected chi connectivity index (χ0v) is 12.3. The Morgan fingerprint density at radius 1 is 1.35 bits per heavy atom. The smallest absolute Gasteiger partial charge is 0.249 e. The maximum absolute atomic E-state index is 11.3. The van der Waals surface area contributed by atoms with Gasteiger partial charge in [0.05, 0.1) is 0 Å². The van der Waals surface area contributed by atoms with Crippen LogP contribution in [0.3, 0.4) is 0 Å². The first kappa shape index (κ1) is 15.0. The first-order valence-corrected chi connectivity index (χ1v) is 7.47. The summed E-state index contributed by atoms with van der Waals surface area (Å²) in [7, 11) is 0. The standard InChI is InChI=1S/C16H25N3O/c1-13(12-19-8-4-5-9-19)10-18-11-14-6-2-3-7-15(14)16(17)20/h2-3,6-7,13,18H,4-5,8-12H2,1H3,(H2,17,20). The Labute approximate surface area is 121 Å². The van der Waals surface area contributed by atoms with Gasteiger partial charge in [0, 0.05) is 18.7 Å². The van der Waals surface area contributed by atoms with Crippen molar-refractivity contribution in [1.82, 2.24) is 10.2 Å². The molecule has 0 saturated carbocycles. The second-order valence-corrected chi connectivity index (χ2v) is 5.77. The highest BCUT2D eigenvalue weighted by Crippen LogP contribution is 2.11. The molecule has 1 aromatic carbocycles. The molecule has 3 N–H and O–H groups in total. The SMILES string of the molecule is CC(CNCc1ccccc1C(N)=O)CN1CCCC1. The third-order valence-electron chi connectivity index (χ3n) is 3.86. The van der Waals surface area contributed by atoms with E-state index in [1.165, 1.54) is 25.9 Å². The molecule has 0 radical (unpaired) electrons. The van der Waals surface area contributed by atoms with Crippen molar-refractivity contribution in [1.29, 1.82) is 0 Å². The number of carbonyl (C=O) groups is 1. The first-order valence-electron chi connectivity index (χ1n) is 7.47. The normalized spacial score (nSPS) is 17.2. The van der Waals surface area contributed by atoms with Gasteiger partial charge in [0.2, 0.25) is 5.91 Å². The Kier molecular flexibility index (Phi) is 5.56. The number of nitrogens with zero attached hydrogens (tertiary/aromatic N) is 1. The Hall–Kier alpha value is -1.39. The quantitative estimate of drug-likeness (QED) is 0.795. The summed E-state index contributed by atoms with van der Waals surface area (Å²) in [6.45, 7) is 7.58. The fourth-order valence-electron chi connectivity index (χ4n) is 2.84. The molecule has 1 saturated heterocycles. The summed E-state index contributed by atoms with van der Waals surface area (Å²) in [4.78, 5) is 13.9. The number of carbonyl (C=O) groups excluding carboxylic acids is 1. The van der Waals surface area contributed by atoms with E-state index in [2.05, 4.69) is 17.1 Å². The number of nitrogens with one attached hydrogen (secondary N) is 1. The molecule has 4 nitrogen and oxygen atoms in total. The number of primary amides is 1. The topological polar surface area (TPSA) is 58.4 Å². The second-order valence-electron chi connectivity index (χ2n) is 5.77. The maximum Gasteiger partial charge on any atom is 0.249 e. The Balaban J connectivity index is 1.76. The molecule has 2 rings (SSSR count). The Bertz CT molecular complexity index is 441. The predicted molar refractivity (Wildman–Crippen MR) is 81.5 cm³/mol. The van der Waals surface area contributed by atoms with E-state index in [4.69, 9.17) is 5.73 Å². The number of nitrogens with two attached hydrogens (primary N) is 1. The Morgan fingerprint density at radius 2 is 2.05 bits per heavy atom. The van der Waals surface area contributed by atoms with E-state index < -0.39 is 0 Å². The number of amides is 1. The van der Waals surface area contributed by atoms with Crippen LogP contribution in [0.15, 0.2) is 24.3 Å². The molecule has 0 bridgehead atoms. The highest BCUT2D eigenvalue weighted by molar-refractivity contribution is 5.94. The van der Waals surface area contributed by atoms with Gasteiger partial charge in [-0.1, -0.05) is 25.1 Å². The van der Waals surface area contributed by atoms with Crippen LogP contribution in [0.5, 0.6) is 0 Å². The van der Waals surface area contributed by atoms with Crippen LogP contribution in [0, 0.1) is 5.92 Å². The van der Waals surface area contributed by atoms with Crippen LogP contribution in [0.25, 0.3) is 0 Å². The molecule has 1 aliphatic rings. The molecule has 1 heterocycles. The second kappa shape index (κ2) is 7.41. The van der Waals surface area contributed by atoms with Gasteiger partial charge >= 0.3 is 0 Å². The van der Waals surface area contributed by atoms with Gasteiger partial charge < -0.3 is 16.0 Å². The Morgan fingerprint density at radius 3 is 2.75 bits per heavy atom. The fourth-order valence-corrected chi connectivity index (χ4v) is 2.84. The largest absolute Gasteiger partial charge is 0.366 e. The van der Waals surface area contributed by atoms with Gasteiger partial charge in [-0.3, -0.25) is 4.79 Å². The number of hydrogen-bond donors (Lipinski definition) is 2. The zero-order valence-electron chi connectivity index (χ0n) is 12.3. The molecule has 20 heavy (non-hydrogen) atoms. The summed E-state index contributed by atoms with van der Waals surface area (Å²) in [5.41, 5.74) is 6.98. The predicted octanol–water partition coefficient (Wildman–Crippen LogP) is 1.61. The van der Waals surface area contributed by atoms with Gasteiger partial charge in [0.15, 0.2) is 0 Å². The molecule has 0 aliphatic carbocycles. The average molecular weight is 275 g/mol. The number of hydrogen-bond acceptors (Lipinski definition) is 3. The summed E-state index contributed by atoms with van der Waals surface area (Å²) < 4.78 is 0. The molecule has 1 amide bonds. The van der Waals surface area contributed by atoms with Gasteiger partial charge in [0.1, 0.15) is 0 Å². The van der Waals surface area contributed by atoms with Crippen LogP contribution < -0.4 is 11.1 Å². The summed E-state index contributed by atoms with van der Waals surface area (Å²) in [5, 5.41) is 3.44. The van der Waals surface area contributed by atoms with Gasteiger partial charge in [-0.25, -0.2) is 0 Å². The van der Waals surface area contributed by atoms with Crippen molar-refractivity contribution in [3.8, 4) is 0 Å². The molecule has 4 heteroatoms. The van der Waals surface area contributed by atoms with Crippen LogP contribution in [-0.2, 0) is 6.54 Å². The molecule has 1 atom stereocenters. The van der Waals surface area contributed by atoms with E-state index in [1.807, 2.05) is 18.2 Å². The molecule has 0 aromatic heterocycles. The average Bonchev–Trinajstić information content (AvgIpc) is 2.92. The third kappa shape index (κ3) is 4.32. The minimum Gasteiger partial charge on any atom is -0.366 e. The molecule has 1 aliphatic heterocycles. The van der Waals surface area contributed by atoms with Crippen LogP contribution in [0.1, 0.15) is 35.7 Å². The summed E-state index contributed by atoms with van der Waals surface area (Å²) in [5.74, 6) is 0.265. The van der Waals surface area contributed by atoms with Crippen molar-refractivity contribution in [2.45, 2.75) is 26.3 Å². The van der Waals surface area contributed by atoms with Crippen molar-refractivity contribution in [2.24, 2.45) is 11.7 Å². The van der Waals surface area contributed by atoms with Crippen molar-refractivity contribution < 1.29 is 4.79 Å². The molecule has 1 unspecified atom stereocenters. The highest BCUT2D eigenvalue weighted by atomic mass is 16.1. The van der Waals surface area contributed by atoms with E-state index in [0.29, 0.717) is 18.0 Å². The monoisotopic (exact) mass is 275 g/mol. The van der Waals surface area contributed by atoms with Crippen LogP contribution >= 0.6 is 0 Å². The van der Waals surface area contributed by atoms with Gasteiger partial charge in [0.25, 0.3) is 0 Å². The van der Waals surface area contributed by atoms with Crippen LogP contribution in [-0.4, -0.2) is 37.0 Å². The van der Waals surface area contributed by atoms with Gasteiger partial charge in [-0.15, -0.1) is 0 Å².